The van der Waals surface area contributed by atoms with Crippen molar-refractivity contribution in [3.8, 4) is 0 Å². The monoisotopic (exact) mass is 753 g/mol. The number of hydrogen-bond donors (Lipinski definition) is 4. The van der Waals surface area contributed by atoms with Crippen LogP contribution in [0.1, 0.15) is 79.7 Å². The number of aliphatic hydroxyl groups excluding tert-OH is 1. The minimum absolute atomic E-state index is 0.0147. The van der Waals surface area contributed by atoms with Crippen molar-refractivity contribution in [1.82, 2.24) is 5.32 Å². The number of rotatable bonds is 14. The smallest absolute Gasteiger partial charge is 0.309 e. The van der Waals surface area contributed by atoms with Crippen LogP contribution in [0.4, 0.5) is 0 Å². The van der Waals surface area contributed by atoms with E-state index >= 15 is 0 Å². The molecule has 2 aliphatic rings. The van der Waals surface area contributed by atoms with Gasteiger partial charge in [-0.05, 0) is 82.3 Å². The molecule has 1 fully saturated rings. The third-order valence-electron chi connectivity index (χ3n) is 9.96. The molecule has 2 aliphatic heterocycles. The maximum atomic E-state index is 12.9. The number of epoxide rings is 1. The van der Waals surface area contributed by atoms with E-state index in [1.165, 1.54) is 13.8 Å². The van der Waals surface area contributed by atoms with E-state index < -0.39 is 53.4 Å². The van der Waals surface area contributed by atoms with E-state index in [9.17, 15) is 24.9 Å². The Bertz CT molecular complexity index is 1410. The van der Waals surface area contributed by atoms with Gasteiger partial charge >= 0.3 is 11.9 Å². The van der Waals surface area contributed by atoms with Crippen LogP contribution in [-0.4, -0.2) is 94.8 Å². The van der Waals surface area contributed by atoms with Gasteiger partial charge in [-0.3, -0.25) is 9.59 Å². The predicted molar refractivity (Wildman–Crippen MR) is 199 cm³/mol. The van der Waals surface area contributed by atoms with Crippen molar-refractivity contribution in [3.63, 3.8) is 0 Å². The number of allylic oxidation sites excluding steroid dienone is 2. The number of halogens is 2. The van der Waals surface area contributed by atoms with Crippen molar-refractivity contribution in [2.45, 2.75) is 134 Å². The lowest BCUT2D eigenvalue weighted by Crippen LogP contribution is -2.52. The van der Waals surface area contributed by atoms with Crippen molar-refractivity contribution in [2.24, 2.45) is 11.8 Å². The summed E-state index contributed by atoms with van der Waals surface area (Å²) in [7, 11) is 1.70. The van der Waals surface area contributed by atoms with Crippen LogP contribution in [0, 0.1) is 11.8 Å². The molecule has 4 N–H and O–H groups in total. The lowest BCUT2D eigenvalue weighted by molar-refractivity contribution is -0.157. The van der Waals surface area contributed by atoms with Gasteiger partial charge in [0.05, 0.1) is 36.4 Å². The molecule has 0 bridgehead atoms. The normalized spacial score (nSPS) is 30.8. The number of benzene rings is 1. The molecule has 286 valence electrons. The van der Waals surface area contributed by atoms with E-state index in [4.69, 9.17) is 42.1 Å². The highest BCUT2D eigenvalue weighted by Gasteiger charge is 2.54. The molecular weight excluding hydrogens is 697 g/mol. The summed E-state index contributed by atoms with van der Waals surface area (Å²) in [4.78, 5) is 24.7. The van der Waals surface area contributed by atoms with Gasteiger partial charge in [0.25, 0.3) is 0 Å². The van der Waals surface area contributed by atoms with Gasteiger partial charge in [0.15, 0.2) is 0 Å². The molecule has 0 amide bonds. The first-order valence-electron chi connectivity index (χ1n) is 17.8. The standard InChI is InChI=1S/C39H57Cl2NO9/c1-9-31(48-8)25(4)35-36(51-35)37(42-20-17-27-13-14-28(40)21-30(27)41)39(7,47)18-10-11-23(2)34-24(3)12-15-32(49-26(5)43)38(6,46)19-16-29(44)22-33(45)50-34/h10-15,18,21,24-25,29,31-32,34-37,42,44,46-47H,9,16-17,19-20,22H2,1-8H3/t24-,25+,29+,31-,32-,34?,35+,36-,37?,38+,39?/m0/s1. The lowest BCUT2D eigenvalue weighted by Gasteiger charge is -2.32. The van der Waals surface area contributed by atoms with Crippen LogP contribution in [-0.2, 0) is 35.0 Å². The fourth-order valence-electron chi connectivity index (χ4n) is 6.76. The molecule has 11 atom stereocenters. The second-order valence-electron chi connectivity index (χ2n) is 14.5. The molecule has 0 radical (unpaired) electrons. The number of aliphatic hydroxyl groups is 3. The first-order chi connectivity index (χ1) is 23.9. The first-order valence-corrected chi connectivity index (χ1v) is 18.5. The number of hydrogen-bond acceptors (Lipinski definition) is 10. The van der Waals surface area contributed by atoms with Crippen LogP contribution < -0.4 is 5.32 Å². The van der Waals surface area contributed by atoms with E-state index in [1.807, 2.05) is 19.9 Å². The molecule has 0 aliphatic carbocycles. The second-order valence-corrected chi connectivity index (χ2v) is 15.3. The van der Waals surface area contributed by atoms with Gasteiger partial charge in [0, 0.05) is 35.9 Å². The Balaban J connectivity index is 1.86. The molecule has 0 saturated carbocycles. The van der Waals surface area contributed by atoms with Crippen LogP contribution in [0.15, 0.2) is 54.2 Å². The molecule has 12 heteroatoms. The molecule has 0 aromatic heterocycles. The van der Waals surface area contributed by atoms with Crippen LogP contribution >= 0.6 is 23.2 Å². The largest absolute Gasteiger partial charge is 0.457 e. The third-order valence-corrected chi connectivity index (χ3v) is 10.5. The predicted octanol–water partition coefficient (Wildman–Crippen LogP) is 5.91. The van der Waals surface area contributed by atoms with Crippen molar-refractivity contribution < 1.29 is 43.9 Å². The van der Waals surface area contributed by atoms with Crippen molar-refractivity contribution >= 4 is 35.1 Å². The number of carbonyl (C=O) groups excluding carboxylic acids is 2. The second kappa shape index (κ2) is 19.2. The molecular formula is C39H57Cl2NO9. The molecule has 3 unspecified atom stereocenters. The maximum Gasteiger partial charge on any atom is 0.309 e. The Kier molecular flexibility index (Phi) is 16.2. The highest BCUT2D eigenvalue weighted by Crippen LogP contribution is 2.39. The van der Waals surface area contributed by atoms with Gasteiger partial charge in [-0.2, -0.15) is 0 Å². The molecule has 10 nitrogen and oxygen atoms in total. The summed E-state index contributed by atoms with van der Waals surface area (Å²) in [5.41, 5.74) is -1.22. The SMILES string of the molecule is CC[C@H](OC)[C@@H](C)[C@H]1O[C@@H]1C(NCCc1ccc(Cl)cc1Cl)C(C)(O)C=CC=C(C)C1OC(=O)C[C@H](O)CC[C@@](C)(O)[C@@H](OC(C)=O)C=C[C@@H]1C. The van der Waals surface area contributed by atoms with Crippen LogP contribution in [0.25, 0.3) is 0 Å². The van der Waals surface area contributed by atoms with Gasteiger partial charge in [-0.15, -0.1) is 0 Å². The van der Waals surface area contributed by atoms with Gasteiger partial charge in [-0.1, -0.05) is 74.3 Å². The number of methoxy groups -OCH3 is 1. The summed E-state index contributed by atoms with van der Waals surface area (Å²) in [6, 6.07) is 4.91. The Morgan fingerprint density at radius 3 is 2.57 bits per heavy atom. The molecule has 1 saturated heterocycles. The highest BCUT2D eigenvalue weighted by molar-refractivity contribution is 6.35. The molecule has 1 aromatic rings. The van der Waals surface area contributed by atoms with Crippen molar-refractivity contribution in [2.75, 3.05) is 13.7 Å². The first kappa shape index (κ1) is 43.1. The van der Waals surface area contributed by atoms with Crippen LogP contribution in [0.3, 0.4) is 0 Å². The summed E-state index contributed by atoms with van der Waals surface area (Å²) in [6.07, 6.45) is 6.81. The summed E-state index contributed by atoms with van der Waals surface area (Å²) in [5.74, 6) is -1.42. The third kappa shape index (κ3) is 12.7. The summed E-state index contributed by atoms with van der Waals surface area (Å²) >= 11 is 12.5. The number of nitrogens with one attached hydrogen (secondary N) is 1. The van der Waals surface area contributed by atoms with Gasteiger partial charge < -0.3 is 39.6 Å². The maximum absolute atomic E-state index is 12.9. The Hall–Kier alpha value is -2.28. The number of cyclic esters (lactones) is 1. The minimum atomic E-state index is -1.46. The van der Waals surface area contributed by atoms with Gasteiger partial charge in [0.1, 0.15) is 23.9 Å². The average Bonchev–Trinajstić information content (AvgIpc) is 3.83. The zero-order chi connectivity index (χ0) is 38.1. The summed E-state index contributed by atoms with van der Waals surface area (Å²) < 4.78 is 23.2. The quantitative estimate of drug-likeness (QED) is 0.0783. The molecule has 2 heterocycles. The highest BCUT2D eigenvalue weighted by atomic mass is 35.5. The lowest BCUT2D eigenvalue weighted by atomic mass is 9.87. The Morgan fingerprint density at radius 2 is 1.94 bits per heavy atom. The minimum Gasteiger partial charge on any atom is -0.457 e. The fraction of sp³-hybridized carbons (Fsp3) is 0.641. The van der Waals surface area contributed by atoms with Gasteiger partial charge in [0.2, 0.25) is 0 Å². The van der Waals surface area contributed by atoms with Crippen LogP contribution in [0.5, 0.6) is 0 Å². The average molecular weight is 755 g/mol. The molecule has 0 spiro atoms. The summed E-state index contributed by atoms with van der Waals surface area (Å²) in [5, 5.41) is 38.2. The topological polar surface area (TPSA) is 147 Å². The molecule has 3 rings (SSSR count). The summed E-state index contributed by atoms with van der Waals surface area (Å²) in [6.45, 7) is 12.9. The molecule has 51 heavy (non-hydrogen) atoms. The number of esters is 2. The molecule has 1 aromatic carbocycles. The zero-order valence-corrected chi connectivity index (χ0v) is 32.6. The fourth-order valence-corrected chi connectivity index (χ4v) is 7.26. The van der Waals surface area contributed by atoms with E-state index in [2.05, 4.69) is 19.2 Å². The van der Waals surface area contributed by atoms with E-state index in [-0.39, 0.29) is 43.5 Å². The van der Waals surface area contributed by atoms with E-state index in [1.54, 1.807) is 56.5 Å². The Labute approximate surface area is 313 Å². The van der Waals surface area contributed by atoms with Crippen molar-refractivity contribution in [1.29, 1.82) is 0 Å². The number of carbonyl (C=O) groups is 2. The Morgan fingerprint density at radius 1 is 1.24 bits per heavy atom. The van der Waals surface area contributed by atoms with Crippen molar-refractivity contribution in [3.05, 3.63) is 69.8 Å². The van der Waals surface area contributed by atoms with E-state index in [0.29, 0.717) is 28.6 Å². The van der Waals surface area contributed by atoms with Gasteiger partial charge in [-0.25, -0.2) is 0 Å². The number of ether oxygens (including phenoxy) is 4. The van der Waals surface area contributed by atoms with Crippen LogP contribution in [0.2, 0.25) is 10.0 Å². The zero-order valence-electron chi connectivity index (χ0n) is 31.1. The van der Waals surface area contributed by atoms with E-state index in [0.717, 1.165) is 12.0 Å².